The number of ether oxygens (including phenoxy) is 2. The third-order valence-corrected chi connectivity index (χ3v) is 11.7. The maximum Gasteiger partial charge on any atom is 0.410 e. The Morgan fingerprint density at radius 2 is 1.46 bits per heavy atom. The number of piperidine rings is 1. The molecule has 3 unspecified atom stereocenters. The van der Waals surface area contributed by atoms with E-state index in [1.54, 1.807) is 9.80 Å². The lowest BCUT2D eigenvalue weighted by atomic mass is 9.87. The van der Waals surface area contributed by atoms with Crippen LogP contribution in [0.25, 0.3) is 0 Å². The fraction of sp³-hybridized carbons (Fsp3) is 0.923. The maximum absolute atomic E-state index is 13.2. The van der Waals surface area contributed by atoms with Crippen molar-refractivity contribution in [2.45, 2.75) is 129 Å². The van der Waals surface area contributed by atoms with E-state index in [2.05, 4.69) is 33.9 Å². The Morgan fingerprint density at radius 1 is 0.914 bits per heavy atom. The first-order chi connectivity index (χ1) is 15.7. The summed E-state index contributed by atoms with van der Waals surface area (Å²) < 4.78 is 17.9. The highest BCUT2D eigenvalue weighted by molar-refractivity contribution is 6.74. The van der Waals surface area contributed by atoms with Crippen LogP contribution in [0.2, 0.25) is 18.1 Å². The maximum atomic E-state index is 13.2. The average molecular weight is 515 g/mol. The molecule has 2 rings (SSSR count). The quantitative estimate of drug-likeness (QED) is 0.506. The first-order valence-corrected chi connectivity index (χ1v) is 15.9. The third kappa shape index (κ3) is 8.35. The molecule has 0 aromatic rings. The van der Waals surface area contributed by atoms with Gasteiger partial charge in [-0.1, -0.05) is 20.8 Å². The van der Waals surface area contributed by atoms with Crippen LogP contribution in [-0.4, -0.2) is 84.5 Å². The molecule has 0 spiro atoms. The highest BCUT2D eigenvalue weighted by atomic mass is 28.4. The number of carbonyl (C=O) groups is 2. The molecular formula is C26H50N2O6Si. The smallest absolute Gasteiger partial charge is 0.410 e. The van der Waals surface area contributed by atoms with E-state index in [1.165, 1.54) is 0 Å². The summed E-state index contributed by atoms with van der Waals surface area (Å²) in [5.74, 6) is -0.155. The minimum atomic E-state index is -2.06. The van der Waals surface area contributed by atoms with Gasteiger partial charge in [-0.3, -0.25) is 4.90 Å². The van der Waals surface area contributed by atoms with Crippen LogP contribution in [0.3, 0.4) is 0 Å². The predicted molar refractivity (Wildman–Crippen MR) is 140 cm³/mol. The van der Waals surface area contributed by atoms with Crippen molar-refractivity contribution in [3.63, 3.8) is 0 Å². The van der Waals surface area contributed by atoms with Crippen molar-refractivity contribution in [3.8, 4) is 0 Å². The molecule has 2 saturated heterocycles. The summed E-state index contributed by atoms with van der Waals surface area (Å²) in [4.78, 5) is 29.1. The van der Waals surface area contributed by atoms with E-state index in [-0.39, 0.29) is 23.2 Å². The van der Waals surface area contributed by atoms with Crippen LogP contribution < -0.4 is 0 Å². The number of carbonyl (C=O) groups excluding carboxylic acids is 2. The standard InChI is InChI=1S/C26H50N2O6Si/c1-24(2,3)32-22(30)27-14-12-13-18(16-27)21(29)20-15-19(34-35(10,11)26(7,8)9)17-28(20)23(31)33-25(4,5)6/h18-21,29H,12-17H2,1-11H3/t18?,19?,20-,21?/m0/s1. The molecule has 2 fully saturated rings. The molecule has 1 N–H and O–H groups in total. The zero-order valence-corrected chi connectivity index (χ0v) is 24.9. The Hall–Kier alpha value is -1.32. The van der Waals surface area contributed by atoms with Crippen molar-refractivity contribution in [1.29, 1.82) is 0 Å². The normalized spacial score (nSPS) is 25.4. The third-order valence-electron chi connectivity index (χ3n) is 7.19. The highest BCUT2D eigenvalue weighted by Gasteiger charge is 2.48. The molecule has 0 bridgehead atoms. The molecule has 4 atom stereocenters. The highest BCUT2D eigenvalue weighted by Crippen LogP contribution is 2.40. The van der Waals surface area contributed by atoms with Gasteiger partial charge in [0.05, 0.1) is 18.2 Å². The Kier molecular flexibility index (Phi) is 9.04. The summed E-state index contributed by atoms with van der Waals surface area (Å²) in [5, 5.41) is 11.6. The van der Waals surface area contributed by atoms with E-state index >= 15 is 0 Å². The van der Waals surface area contributed by atoms with Gasteiger partial charge in [-0.05, 0) is 78.9 Å². The van der Waals surface area contributed by atoms with Crippen molar-refractivity contribution in [2.75, 3.05) is 19.6 Å². The van der Waals surface area contributed by atoms with E-state index in [1.807, 2.05) is 41.5 Å². The largest absolute Gasteiger partial charge is 0.444 e. The first-order valence-electron chi connectivity index (χ1n) is 13.0. The molecule has 35 heavy (non-hydrogen) atoms. The minimum absolute atomic E-state index is 0.0394. The summed E-state index contributed by atoms with van der Waals surface area (Å²) in [6.07, 6.45) is 0.383. The van der Waals surface area contributed by atoms with E-state index in [0.717, 1.165) is 12.8 Å². The molecule has 0 aliphatic carbocycles. The molecule has 204 valence electrons. The monoisotopic (exact) mass is 514 g/mol. The number of aliphatic hydroxyl groups is 1. The SMILES string of the molecule is CC(C)(C)OC(=O)N1CCCC(C(O)[C@@H]2CC(O[Si](C)(C)C(C)(C)C)CN2C(=O)OC(C)(C)C)C1. The van der Waals surface area contributed by atoms with Crippen LogP contribution in [0.5, 0.6) is 0 Å². The number of amides is 2. The number of rotatable bonds is 4. The topological polar surface area (TPSA) is 88.5 Å². The summed E-state index contributed by atoms with van der Waals surface area (Å²) in [6.45, 7) is 23.5. The molecule has 0 radical (unpaired) electrons. The summed E-state index contributed by atoms with van der Waals surface area (Å²) in [7, 11) is -2.06. The van der Waals surface area contributed by atoms with Gasteiger partial charge in [0.2, 0.25) is 0 Å². The fourth-order valence-corrected chi connectivity index (χ4v) is 5.81. The van der Waals surface area contributed by atoms with Gasteiger partial charge in [-0.15, -0.1) is 0 Å². The molecule has 2 aliphatic rings. The molecule has 0 aromatic heterocycles. The zero-order chi connectivity index (χ0) is 27.0. The molecule has 0 saturated carbocycles. The molecule has 2 aliphatic heterocycles. The fourth-order valence-electron chi connectivity index (χ4n) is 4.45. The zero-order valence-electron chi connectivity index (χ0n) is 23.9. The van der Waals surface area contributed by atoms with Gasteiger partial charge >= 0.3 is 12.2 Å². The van der Waals surface area contributed by atoms with Gasteiger partial charge < -0.3 is 23.9 Å². The Labute approximate surface area is 213 Å². The second-order valence-corrected chi connectivity index (χ2v) is 18.5. The Balaban J connectivity index is 2.20. The van der Waals surface area contributed by atoms with Crippen LogP contribution in [0.4, 0.5) is 9.59 Å². The molecule has 9 heteroatoms. The average Bonchev–Trinajstić information content (AvgIpc) is 3.07. The van der Waals surface area contributed by atoms with Crippen molar-refractivity contribution >= 4 is 20.5 Å². The number of nitrogens with zero attached hydrogens (tertiary/aromatic N) is 2. The summed E-state index contributed by atoms with van der Waals surface area (Å²) >= 11 is 0. The molecule has 2 heterocycles. The predicted octanol–water partition coefficient (Wildman–Crippen LogP) is 5.39. The van der Waals surface area contributed by atoms with Crippen LogP contribution in [0.15, 0.2) is 0 Å². The van der Waals surface area contributed by atoms with Crippen molar-refractivity contribution in [1.82, 2.24) is 9.80 Å². The lowest BCUT2D eigenvalue weighted by Gasteiger charge is -2.39. The Morgan fingerprint density at radius 3 is 1.97 bits per heavy atom. The van der Waals surface area contributed by atoms with Gasteiger partial charge in [-0.2, -0.15) is 0 Å². The van der Waals surface area contributed by atoms with Gasteiger partial charge in [-0.25, -0.2) is 9.59 Å². The van der Waals surface area contributed by atoms with Crippen molar-refractivity contribution in [3.05, 3.63) is 0 Å². The number of aliphatic hydroxyl groups excluding tert-OH is 1. The Bertz CT molecular complexity index is 752. The van der Waals surface area contributed by atoms with E-state index in [0.29, 0.717) is 26.1 Å². The van der Waals surface area contributed by atoms with Crippen LogP contribution >= 0.6 is 0 Å². The number of hydrogen-bond donors (Lipinski definition) is 1. The first kappa shape index (κ1) is 29.9. The van der Waals surface area contributed by atoms with Crippen molar-refractivity contribution in [2.24, 2.45) is 5.92 Å². The van der Waals surface area contributed by atoms with E-state index in [4.69, 9.17) is 13.9 Å². The molecular weight excluding hydrogens is 464 g/mol. The van der Waals surface area contributed by atoms with Gasteiger partial charge in [0, 0.05) is 25.6 Å². The molecule has 2 amide bonds. The number of hydrogen-bond acceptors (Lipinski definition) is 6. The lowest BCUT2D eigenvalue weighted by Crippen LogP contribution is -2.52. The van der Waals surface area contributed by atoms with E-state index < -0.39 is 37.8 Å². The van der Waals surface area contributed by atoms with Gasteiger partial charge in [0.25, 0.3) is 0 Å². The van der Waals surface area contributed by atoms with Crippen LogP contribution in [0, 0.1) is 5.92 Å². The van der Waals surface area contributed by atoms with Crippen LogP contribution in [0.1, 0.15) is 81.6 Å². The second-order valence-electron chi connectivity index (χ2n) is 13.8. The lowest BCUT2D eigenvalue weighted by molar-refractivity contribution is -0.0270. The van der Waals surface area contributed by atoms with Gasteiger partial charge in [0.15, 0.2) is 8.32 Å². The summed E-state index contributed by atoms with van der Waals surface area (Å²) in [6, 6.07) is -0.428. The molecule has 0 aromatic carbocycles. The van der Waals surface area contributed by atoms with Crippen molar-refractivity contribution < 1.29 is 28.6 Å². The number of likely N-dealkylation sites (tertiary alicyclic amines) is 2. The summed E-state index contributed by atoms with van der Waals surface area (Å²) in [5.41, 5.74) is -1.21. The van der Waals surface area contributed by atoms with Gasteiger partial charge in [0.1, 0.15) is 11.2 Å². The minimum Gasteiger partial charge on any atom is -0.444 e. The van der Waals surface area contributed by atoms with E-state index in [9.17, 15) is 14.7 Å². The molecule has 8 nitrogen and oxygen atoms in total. The van der Waals surface area contributed by atoms with Crippen LogP contribution in [-0.2, 0) is 13.9 Å². The second kappa shape index (κ2) is 10.6.